The van der Waals surface area contributed by atoms with Crippen LogP contribution in [0, 0.1) is 0 Å². The number of ether oxygens (including phenoxy) is 2. The fraction of sp³-hybridized carbons (Fsp3) is 0.825. The Morgan fingerprint density at radius 2 is 0.776 bits per heavy atom. The van der Waals surface area contributed by atoms with Crippen LogP contribution >= 0.6 is 0 Å². The van der Waals surface area contributed by atoms with E-state index in [0.717, 1.165) is 30.6 Å². The van der Waals surface area contributed by atoms with E-state index >= 15 is 0 Å². The molecule has 9 heteroatoms. The van der Waals surface area contributed by atoms with Crippen LogP contribution in [0.2, 0.25) is 0 Å². The molecule has 0 aromatic carbocycles. The molecular formula is C40H69NO8. The molecule has 0 bridgehead atoms. The van der Waals surface area contributed by atoms with Crippen molar-refractivity contribution in [2.75, 3.05) is 33.0 Å². The van der Waals surface area contributed by atoms with Gasteiger partial charge < -0.3 is 14.6 Å². The monoisotopic (exact) mass is 692 g/mol. The highest BCUT2D eigenvalue weighted by Crippen LogP contribution is 2.16. The van der Waals surface area contributed by atoms with Gasteiger partial charge in [0.05, 0.1) is 19.8 Å². The fourth-order valence-electron chi connectivity index (χ4n) is 6.15. The van der Waals surface area contributed by atoms with Crippen LogP contribution in [0.4, 0.5) is 0 Å². The number of imide groups is 1. The molecule has 0 atom stereocenters. The van der Waals surface area contributed by atoms with Gasteiger partial charge in [0.2, 0.25) is 0 Å². The SMILES string of the molecule is O=C(O)CCCCCCCCCCCCCCCCCCCCCCCCC(=O)CCOCCOCCCC(=O)CCN1C(=O)C=CC1=O. The van der Waals surface area contributed by atoms with Gasteiger partial charge in [-0.15, -0.1) is 0 Å². The van der Waals surface area contributed by atoms with Crippen molar-refractivity contribution >= 4 is 29.4 Å². The third kappa shape index (κ3) is 29.1. The quantitative estimate of drug-likeness (QED) is 0.0502. The Balaban J connectivity index is 1.70. The predicted octanol–water partition coefficient (Wildman–Crippen LogP) is 9.09. The average Bonchev–Trinajstić information content (AvgIpc) is 3.40. The van der Waals surface area contributed by atoms with Gasteiger partial charge in [0.25, 0.3) is 11.8 Å². The van der Waals surface area contributed by atoms with Gasteiger partial charge in [0, 0.05) is 57.4 Å². The summed E-state index contributed by atoms with van der Waals surface area (Å²) in [7, 11) is 0. The van der Waals surface area contributed by atoms with Crippen molar-refractivity contribution in [3.05, 3.63) is 12.2 Å². The minimum atomic E-state index is -0.670. The highest BCUT2D eigenvalue weighted by molar-refractivity contribution is 6.13. The van der Waals surface area contributed by atoms with Crippen molar-refractivity contribution in [2.45, 2.75) is 180 Å². The van der Waals surface area contributed by atoms with E-state index in [1.54, 1.807) is 0 Å². The molecule has 0 saturated carbocycles. The maximum atomic E-state index is 12.1. The zero-order valence-corrected chi connectivity index (χ0v) is 30.7. The first kappa shape index (κ1) is 44.6. The number of amides is 2. The highest BCUT2D eigenvalue weighted by atomic mass is 16.5. The highest BCUT2D eigenvalue weighted by Gasteiger charge is 2.23. The lowest BCUT2D eigenvalue weighted by atomic mass is 10.0. The van der Waals surface area contributed by atoms with Crippen LogP contribution in [0.25, 0.3) is 0 Å². The predicted molar refractivity (Wildman–Crippen MR) is 194 cm³/mol. The van der Waals surface area contributed by atoms with Gasteiger partial charge in [-0.05, 0) is 19.3 Å². The van der Waals surface area contributed by atoms with E-state index in [0.29, 0.717) is 58.5 Å². The van der Waals surface area contributed by atoms with E-state index < -0.39 is 5.97 Å². The van der Waals surface area contributed by atoms with Crippen molar-refractivity contribution in [1.29, 1.82) is 0 Å². The number of carbonyl (C=O) groups is 5. The number of nitrogens with zero attached hydrogens (tertiary/aromatic N) is 1. The number of unbranched alkanes of at least 4 members (excludes halogenated alkanes) is 21. The Bertz CT molecular complexity index is 900. The smallest absolute Gasteiger partial charge is 0.303 e. The van der Waals surface area contributed by atoms with Gasteiger partial charge in [-0.3, -0.25) is 28.9 Å². The molecule has 0 spiro atoms. The van der Waals surface area contributed by atoms with Gasteiger partial charge in [0.1, 0.15) is 11.6 Å². The lowest BCUT2D eigenvalue weighted by Crippen LogP contribution is -2.32. The Labute approximate surface area is 297 Å². The third-order valence-electron chi connectivity index (χ3n) is 9.25. The van der Waals surface area contributed by atoms with E-state index in [9.17, 15) is 24.0 Å². The minimum absolute atomic E-state index is 0.00394. The molecule has 0 fully saturated rings. The maximum Gasteiger partial charge on any atom is 0.303 e. The molecule has 0 aliphatic carbocycles. The molecule has 0 aromatic rings. The summed E-state index contributed by atoms with van der Waals surface area (Å²) in [5.41, 5.74) is 0. The molecule has 1 aliphatic rings. The number of rotatable bonds is 38. The minimum Gasteiger partial charge on any atom is -0.481 e. The number of carbonyl (C=O) groups excluding carboxylic acids is 4. The maximum absolute atomic E-state index is 12.1. The van der Waals surface area contributed by atoms with Gasteiger partial charge >= 0.3 is 5.97 Å². The number of carboxylic acids is 1. The van der Waals surface area contributed by atoms with Crippen LogP contribution in [0.3, 0.4) is 0 Å². The summed E-state index contributed by atoms with van der Waals surface area (Å²) in [6.07, 6.45) is 32.9. The van der Waals surface area contributed by atoms with Gasteiger partial charge in [-0.25, -0.2) is 0 Å². The second-order valence-electron chi connectivity index (χ2n) is 13.7. The Kier molecular flexibility index (Phi) is 29.9. The third-order valence-corrected chi connectivity index (χ3v) is 9.25. The molecule has 0 aromatic heterocycles. The van der Waals surface area contributed by atoms with Gasteiger partial charge in [0.15, 0.2) is 0 Å². The first-order valence-electron chi connectivity index (χ1n) is 19.8. The number of Topliss-reactive ketones (excluding diaryl/α,β-unsaturated/α-hetero) is 2. The Hall–Kier alpha value is -2.39. The zero-order chi connectivity index (χ0) is 35.6. The van der Waals surface area contributed by atoms with Crippen molar-refractivity contribution in [2.24, 2.45) is 0 Å². The summed E-state index contributed by atoms with van der Waals surface area (Å²) in [6, 6.07) is 0. The lowest BCUT2D eigenvalue weighted by molar-refractivity contribution is -0.138. The molecule has 2 amide bonds. The molecule has 0 radical (unpaired) electrons. The molecule has 1 rings (SSSR count). The summed E-state index contributed by atoms with van der Waals surface area (Å²) in [5, 5.41) is 8.64. The molecule has 9 nitrogen and oxygen atoms in total. The number of carboxylic acid groups (broad SMARTS) is 1. The topological polar surface area (TPSA) is 127 Å². The van der Waals surface area contributed by atoms with Crippen LogP contribution in [-0.2, 0) is 33.4 Å². The van der Waals surface area contributed by atoms with Crippen LogP contribution in [0.5, 0.6) is 0 Å². The normalized spacial score (nSPS) is 12.8. The summed E-state index contributed by atoms with van der Waals surface area (Å²) < 4.78 is 11.0. The molecule has 1 aliphatic heterocycles. The zero-order valence-electron chi connectivity index (χ0n) is 30.7. The first-order valence-corrected chi connectivity index (χ1v) is 19.8. The summed E-state index contributed by atoms with van der Waals surface area (Å²) in [6.45, 7) is 1.85. The summed E-state index contributed by atoms with van der Waals surface area (Å²) >= 11 is 0. The average molecular weight is 692 g/mol. The molecule has 49 heavy (non-hydrogen) atoms. The van der Waals surface area contributed by atoms with Crippen LogP contribution in [0.1, 0.15) is 180 Å². The number of ketones is 2. The second-order valence-corrected chi connectivity index (χ2v) is 13.7. The molecule has 1 heterocycles. The van der Waals surface area contributed by atoms with Crippen LogP contribution in [-0.4, -0.2) is 72.3 Å². The van der Waals surface area contributed by atoms with Crippen molar-refractivity contribution < 1.29 is 38.6 Å². The van der Waals surface area contributed by atoms with Gasteiger partial charge in [-0.1, -0.05) is 128 Å². The van der Waals surface area contributed by atoms with E-state index in [4.69, 9.17) is 14.6 Å². The lowest BCUT2D eigenvalue weighted by Gasteiger charge is -2.12. The second kappa shape index (κ2) is 32.8. The van der Waals surface area contributed by atoms with Crippen molar-refractivity contribution in [1.82, 2.24) is 4.90 Å². The van der Waals surface area contributed by atoms with Crippen molar-refractivity contribution in [3.8, 4) is 0 Å². The van der Waals surface area contributed by atoms with E-state index in [1.807, 2.05) is 0 Å². The number of hydrogen-bond donors (Lipinski definition) is 1. The van der Waals surface area contributed by atoms with E-state index in [-0.39, 0.29) is 36.3 Å². The summed E-state index contributed by atoms with van der Waals surface area (Å²) in [4.78, 5) is 58.5. The van der Waals surface area contributed by atoms with Crippen molar-refractivity contribution in [3.63, 3.8) is 0 Å². The molecular weight excluding hydrogens is 622 g/mol. The van der Waals surface area contributed by atoms with Crippen LogP contribution < -0.4 is 0 Å². The number of aliphatic carboxylic acids is 1. The first-order chi connectivity index (χ1) is 23.9. The van der Waals surface area contributed by atoms with E-state index in [2.05, 4.69) is 0 Å². The molecule has 1 N–H and O–H groups in total. The largest absolute Gasteiger partial charge is 0.481 e. The van der Waals surface area contributed by atoms with Crippen LogP contribution in [0.15, 0.2) is 12.2 Å². The number of hydrogen-bond acceptors (Lipinski definition) is 7. The molecule has 0 saturated heterocycles. The Morgan fingerprint density at radius 1 is 0.429 bits per heavy atom. The standard InChI is InChI=1S/C40H69NO8/c42-36(29-31-41-38(44)27-28-39(41)45)25-23-32-48-34-35-49-33-30-37(43)24-21-19-17-15-13-11-9-7-5-3-1-2-4-6-8-10-12-14-16-18-20-22-26-40(46)47/h27-28H,1-26,29-35H2,(H,46,47). The van der Waals surface area contributed by atoms with E-state index in [1.165, 1.54) is 128 Å². The Morgan fingerprint density at radius 3 is 1.20 bits per heavy atom. The molecule has 282 valence electrons. The van der Waals surface area contributed by atoms with Gasteiger partial charge in [-0.2, -0.15) is 0 Å². The molecule has 0 unspecified atom stereocenters. The fourth-order valence-corrected chi connectivity index (χ4v) is 6.15. The summed E-state index contributed by atoms with van der Waals surface area (Å²) in [5.74, 6) is -1.13.